The number of aliphatic carboxylic acids is 1. The Hall–Kier alpha value is -2.67. The normalized spacial score (nSPS) is 10.3. The number of hydrogen-bond donors (Lipinski definition) is 3. The van der Waals surface area contributed by atoms with E-state index in [4.69, 9.17) is 5.11 Å². The van der Waals surface area contributed by atoms with Gasteiger partial charge >= 0.3 is 5.97 Å². The molecule has 0 radical (unpaired) electrons. The van der Waals surface area contributed by atoms with Crippen LogP contribution in [0.15, 0.2) is 36.4 Å². The Balaban J connectivity index is 1.76. The molecule has 1 aromatic heterocycles. The van der Waals surface area contributed by atoms with Crippen molar-refractivity contribution in [3.63, 3.8) is 0 Å². The zero-order valence-corrected chi connectivity index (χ0v) is 14.7. The molecule has 1 heterocycles. The molecule has 2 aromatic rings. The van der Waals surface area contributed by atoms with Crippen LogP contribution in [-0.4, -0.2) is 29.4 Å². The summed E-state index contributed by atoms with van der Waals surface area (Å²) in [5.74, 6) is -1.64. The molecule has 0 spiro atoms. The van der Waals surface area contributed by atoms with Gasteiger partial charge in [0.05, 0.1) is 0 Å². The average molecular weight is 360 g/mol. The molecule has 3 N–H and O–H groups in total. The Morgan fingerprint density at radius 2 is 1.80 bits per heavy atom. The molecule has 132 valence electrons. The fourth-order valence-corrected chi connectivity index (χ4v) is 3.16. The molecule has 0 atom stereocenters. The Labute approximate surface area is 149 Å². The molecule has 25 heavy (non-hydrogen) atoms. The summed E-state index contributed by atoms with van der Waals surface area (Å²) in [5, 5.41) is 13.6. The highest BCUT2D eigenvalue weighted by Gasteiger charge is 2.08. The number of amides is 2. The van der Waals surface area contributed by atoms with Gasteiger partial charge in [0.1, 0.15) is 6.54 Å². The van der Waals surface area contributed by atoms with Crippen molar-refractivity contribution in [2.45, 2.75) is 26.2 Å². The highest BCUT2D eigenvalue weighted by Crippen LogP contribution is 2.17. The lowest BCUT2D eigenvalue weighted by molar-refractivity contribution is -0.135. The summed E-state index contributed by atoms with van der Waals surface area (Å²) in [6.45, 7) is 1.63. The van der Waals surface area contributed by atoms with Gasteiger partial charge < -0.3 is 15.7 Å². The van der Waals surface area contributed by atoms with Gasteiger partial charge in [-0.2, -0.15) is 0 Å². The number of carbonyl (C=O) groups excluding carboxylic acids is 2. The lowest BCUT2D eigenvalue weighted by Gasteiger charge is -2.07. The van der Waals surface area contributed by atoms with Crippen molar-refractivity contribution in [1.29, 1.82) is 0 Å². The summed E-state index contributed by atoms with van der Waals surface area (Å²) >= 11 is 1.75. The molecule has 0 aliphatic rings. The molecular weight excluding hydrogens is 340 g/mol. The van der Waals surface area contributed by atoms with Crippen LogP contribution in [0.25, 0.3) is 0 Å². The first-order valence-corrected chi connectivity index (χ1v) is 8.71. The lowest BCUT2D eigenvalue weighted by atomic mass is 10.1. The quantitative estimate of drug-likeness (QED) is 0.674. The minimum atomic E-state index is -1.10. The number of aryl methyl sites for hydroxylation is 2. The van der Waals surface area contributed by atoms with Gasteiger partial charge in [0.15, 0.2) is 0 Å². The summed E-state index contributed by atoms with van der Waals surface area (Å²) in [5.41, 5.74) is 0.944. The number of thiophene rings is 1. The monoisotopic (exact) mass is 360 g/mol. The standard InChI is InChI=1S/C18H20N2O4S/c1-12-5-10-15(25-12)3-2-4-16(21)20-14-8-6-13(7-9-14)18(24)19-11-17(22)23/h5-10H,2-4,11H2,1H3,(H,19,24)(H,20,21)(H,22,23). The van der Waals surface area contributed by atoms with E-state index in [0.29, 0.717) is 17.7 Å². The van der Waals surface area contributed by atoms with Crippen molar-refractivity contribution < 1.29 is 19.5 Å². The van der Waals surface area contributed by atoms with Gasteiger partial charge in [0.25, 0.3) is 5.91 Å². The van der Waals surface area contributed by atoms with Crippen LogP contribution in [0.1, 0.15) is 33.0 Å². The van der Waals surface area contributed by atoms with E-state index in [1.807, 2.05) is 0 Å². The zero-order valence-electron chi connectivity index (χ0n) is 13.9. The maximum atomic E-state index is 12.0. The van der Waals surface area contributed by atoms with Crippen LogP contribution in [0.3, 0.4) is 0 Å². The Bertz CT molecular complexity index is 753. The number of nitrogens with one attached hydrogen (secondary N) is 2. The summed E-state index contributed by atoms with van der Waals surface area (Å²) < 4.78 is 0. The number of carboxylic acid groups (broad SMARTS) is 1. The van der Waals surface area contributed by atoms with Gasteiger partial charge in [-0.25, -0.2) is 0 Å². The molecule has 0 bridgehead atoms. The summed E-state index contributed by atoms with van der Waals surface area (Å²) in [7, 11) is 0. The smallest absolute Gasteiger partial charge is 0.322 e. The lowest BCUT2D eigenvalue weighted by Crippen LogP contribution is -2.29. The minimum Gasteiger partial charge on any atom is -0.480 e. The third-order valence-corrected chi connectivity index (χ3v) is 4.51. The van der Waals surface area contributed by atoms with E-state index in [9.17, 15) is 14.4 Å². The van der Waals surface area contributed by atoms with Crippen molar-refractivity contribution in [2.75, 3.05) is 11.9 Å². The van der Waals surface area contributed by atoms with Crippen LogP contribution in [0.2, 0.25) is 0 Å². The molecule has 0 saturated carbocycles. The van der Waals surface area contributed by atoms with Gasteiger partial charge in [-0.05, 0) is 56.2 Å². The second kappa shape index (κ2) is 8.98. The van der Waals surface area contributed by atoms with Crippen LogP contribution in [0.4, 0.5) is 5.69 Å². The third kappa shape index (κ3) is 6.39. The molecule has 2 amide bonds. The predicted molar refractivity (Wildman–Crippen MR) is 97.0 cm³/mol. The molecule has 1 aromatic carbocycles. The predicted octanol–water partition coefficient (Wildman–Crippen LogP) is 2.83. The first kappa shape index (κ1) is 18.7. The van der Waals surface area contributed by atoms with E-state index in [-0.39, 0.29) is 5.91 Å². The van der Waals surface area contributed by atoms with Crippen molar-refractivity contribution in [1.82, 2.24) is 5.32 Å². The van der Waals surface area contributed by atoms with Gasteiger partial charge in [0, 0.05) is 27.4 Å². The summed E-state index contributed by atoms with van der Waals surface area (Å²) in [4.78, 5) is 36.6. The Morgan fingerprint density at radius 3 is 2.40 bits per heavy atom. The van der Waals surface area contributed by atoms with Gasteiger partial charge in [-0.3, -0.25) is 14.4 Å². The largest absolute Gasteiger partial charge is 0.480 e. The van der Waals surface area contributed by atoms with Gasteiger partial charge in [-0.1, -0.05) is 0 Å². The van der Waals surface area contributed by atoms with Crippen molar-refractivity contribution >= 4 is 34.8 Å². The molecule has 7 heteroatoms. The second-order valence-electron chi connectivity index (χ2n) is 5.57. The fourth-order valence-electron chi connectivity index (χ4n) is 2.23. The molecule has 0 unspecified atom stereocenters. The molecule has 0 aliphatic carbocycles. The topological polar surface area (TPSA) is 95.5 Å². The summed E-state index contributed by atoms with van der Waals surface area (Å²) in [6, 6.07) is 10.5. The number of hydrogen-bond acceptors (Lipinski definition) is 4. The van der Waals surface area contributed by atoms with Crippen LogP contribution in [0.5, 0.6) is 0 Å². The van der Waals surface area contributed by atoms with Crippen LogP contribution < -0.4 is 10.6 Å². The van der Waals surface area contributed by atoms with E-state index in [0.717, 1.165) is 12.8 Å². The number of carbonyl (C=O) groups is 3. The Morgan fingerprint density at radius 1 is 1.08 bits per heavy atom. The molecule has 0 saturated heterocycles. The second-order valence-corrected chi connectivity index (χ2v) is 6.94. The van der Waals surface area contributed by atoms with E-state index in [1.165, 1.54) is 9.75 Å². The zero-order chi connectivity index (χ0) is 18.2. The minimum absolute atomic E-state index is 0.0728. The molecule has 0 aliphatic heterocycles. The first-order chi connectivity index (χ1) is 11.9. The maximum Gasteiger partial charge on any atom is 0.322 e. The van der Waals surface area contributed by atoms with Gasteiger partial charge in [-0.15, -0.1) is 11.3 Å². The third-order valence-electron chi connectivity index (χ3n) is 3.45. The maximum absolute atomic E-state index is 12.0. The Kier molecular flexibility index (Phi) is 6.71. The number of carboxylic acids is 1. The van der Waals surface area contributed by atoms with E-state index in [1.54, 1.807) is 35.6 Å². The SMILES string of the molecule is Cc1ccc(CCCC(=O)Nc2ccc(C(=O)NCC(=O)O)cc2)s1. The molecular formula is C18H20N2O4S. The van der Waals surface area contributed by atoms with Crippen LogP contribution in [-0.2, 0) is 16.0 Å². The van der Waals surface area contributed by atoms with Gasteiger partial charge in [0.2, 0.25) is 5.91 Å². The van der Waals surface area contributed by atoms with Crippen LogP contribution in [0, 0.1) is 6.92 Å². The number of rotatable bonds is 8. The molecule has 2 rings (SSSR count). The van der Waals surface area contributed by atoms with Crippen molar-refractivity contribution in [3.05, 3.63) is 51.7 Å². The average Bonchev–Trinajstić information content (AvgIpc) is 2.98. The van der Waals surface area contributed by atoms with Crippen LogP contribution >= 0.6 is 11.3 Å². The highest BCUT2D eigenvalue weighted by molar-refractivity contribution is 7.11. The van der Waals surface area contributed by atoms with Crippen molar-refractivity contribution in [3.8, 4) is 0 Å². The summed E-state index contributed by atoms with van der Waals surface area (Å²) in [6.07, 6.45) is 2.09. The van der Waals surface area contributed by atoms with E-state index in [2.05, 4.69) is 29.7 Å². The number of anilines is 1. The highest BCUT2D eigenvalue weighted by atomic mass is 32.1. The number of benzene rings is 1. The van der Waals surface area contributed by atoms with E-state index >= 15 is 0 Å². The van der Waals surface area contributed by atoms with E-state index < -0.39 is 18.4 Å². The first-order valence-electron chi connectivity index (χ1n) is 7.89. The molecule has 0 fully saturated rings. The fraction of sp³-hybridized carbons (Fsp3) is 0.278. The molecule has 6 nitrogen and oxygen atoms in total. The van der Waals surface area contributed by atoms with Crippen molar-refractivity contribution in [2.24, 2.45) is 0 Å².